The third-order valence-corrected chi connectivity index (χ3v) is 4.65. The van der Waals surface area contributed by atoms with Crippen LogP contribution in [0.15, 0.2) is 53.8 Å². The van der Waals surface area contributed by atoms with E-state index < -0.39 is 0 Å². The van der Waals surface area contributed by atoms with Gasteiger partial charge in [-0.1, -0.05) is 47.6 Å². The highest BCUT2D eigenvalue weighted by Crippen LogP contribution is 2.22. The second-order valence-corrected chi connectivity index (χ2v) is 6.36. The minimum absolute atomic E-state index is 0.0740. The molecule has 0 aliphatic carbocycles. The number of nitrogens with one attached hydrogen (secondary N) is 1. The molecule has 2 aromatic heterocycles. The molecule has 1 amide bonds. The first-order valence-electron chi connectivity index (χ1n) is 7.11. The van der Waals surface area contributed by atoms with E-state index in [9.17, 15) is 4.79 Å². The van der Waals surface area contributed by atoms with Crippen LogP contribution in [0.2, 0.25) is 5.02 Å². The van der Waals surface area contributed by atoms with E-state index in [2.05, 4.69) is 15.5 Å². The van der Waals surface area contributed by atoms with E-state index in [1.807, 2.05) is 60.0 Å². The normalized spacial score (nSPS) is 12.3. The number of benzene rings is 1. The van der Waals surface area contributed by atoms with E-state index in [0.29, 0.717) is 10.2 Å². The maximum atomic E-state index is 12.1. The summed E-state index contributed by atoms with van der Waals surface area (Å²) in [5, 5.41) is 12.4. The van der Waals surface area contributed by atoms with Gasteiger partial charge < -0.3 is 5.32 Å². The van der Waals surface area contributed by atoms with E-state index >= 15 is 0 Å². The van der Waals surface area contributed by atoms with Crippen molar-refractivity contribution in [1.29, 1.82) is 0 Å². The molecule has 1 atom stereocenters. The van der Waals surface area contributed by atoms with E-state index in [1.54, 1.807) is 0 Å². The number of aromatic nitrogens is 3. The predicted molar refractivity (Wildman–Crippen MR) is 91.7 cm³/mol. The second kappa shape index (κ2) is 7.02. The van der Waals surface area contributed by atoms with Gasteiger partial charge in [0.1, 0.15) is 0 Å². The molecule has 1 aromatic carbocycles. The van der Waals surface area contributed by atoms with E-state index in [0.717, 1.165) is 11.2 Å². The van der Waals surface area contributed by atoms with Crippen LogP contribution in [-0.4, -0.2) is 26.3 Å². The number of carbonyl (C=O) groups excluding carboxylic acids is 1. The van der Waals surface area contributed by atoms with Crippen molar-refractivity contribution in [2.75, 3.05) is 5.75 Å². The fourth-order valence-electron chi connectivity index (χ4n) is 2.24. The van der Waals surface area contributed by atoms with Crippen LogP contribution in [0.1, 0.15) is 18.5 Å². The number of rotatable bonds is 5. The average Bonchev–Trinajstić information content (AvgIpc) is 2.96. The molecule has 0 unspecified atom stereocenters. The average molecular weight is 347 g/mol. The van der Waals surface area contributed by atoms with Gasteiger partial charge in [0, 0.05) is 11.2 Å². The molecule has 3 rings (SSSR count). The fourth-order valence-corrected chi connectivity index (χ4v) is 3.27. The SMILES string of the molecule is C[C@H](NC(=O)CSc1nnc2ccccn12)c1ccccc1Cl. The molecule has 0 aliphatic heterocycles. The number of carbonyl (C=O) groups is 1. The van der Waals surface area contributed by atoms with Crippen molar-refractivity contribution in [1.82, 2.24) is 19.9 Å². The molecule has 7 heteroatoms. The lowest BCUT2D eigenvalue weighted by molar-refractivity contribution is -0.119. The van der Waals surface area contributed by atoms with Crippen LogP contribution in [0.25, 0.3) is 5.65 Å². The van der Waals surface area contributed by atoms with Crippen molar-refractivity contribution in [3.63, 3.8) is 0 Å². The summed E-state index contributed by atoms with van der Waals surface area (Å²) < 4.78 is 1.86. The zero-order valence-electron chi connectivity index (χ0n) is 12.4. The number of hydrogen-bond donors (Lipinski definition) is 1. The summed E-state index contributed by atoms with van der Waals surface area (Å²) >= 11 is 7.50. The summed E-state index contributed by atoms with van der Waals surface area (Å²) in [6, 6.07) is 13.0. The van der Waals surface area contributed by atoms with Crippen molar-refractivity contribution in [3.05, 3.63) is 59.2 Å². The Labute approximate surface area is 143 Å². The summed E-state index contributed by atoms with van der Waals surface area (Å²) in [6.07, 6.45) is 1.88. The molecule has 0 saturated heterocycles. The summed E-state index contributed by atoms with van der Waals surface area (Å²) in [4.78, 5) is 12.1. The molecule has 118 valence electrons. The number of halogens is 1. The smallest absolute Gasteiger partial charge is 0.230 e. The summed E-state index contributed by atoms with van der Waals surface area (Å²) in [7, 11) is 0. The Morgan fingerprint density at radius 1 is 1.26 bits per heavy atom. The van der Waals surface area contributed by atoms with Crippen molar-refractivity contribution in [2.24, 2.45) is 0 Å². The molecule has 3 aromatic rings. The molecule has 5 nitrogen and oxygen atoms in total. The largest absolute Gasteiger partial charge is 0.349 e. The minimum Gasteiger partial charge on any atom is -0.349 e. The van der Waals surface area contributed by atoms with Gasteiger partial charge in [-0.25, -0.2) is 0 Å². The first kappa shape index (κ1) is 15.8. The highest BCUT2D eigenvalue weighted by molar-refractivity contribution is 7.99. The van der Waals surface area contributed by atoms with Gasteiger partial charge in [0.05, 0.1) is 11.8 Å². The van der Waals surface area contributed by atoms with Crippen molar-refractivity contribution in [2.45, 2.75) is 18.1 Å². The third-order valence-electron chi connectivity index (χ3n) is 3.36. The van der Waals surface area contributed by atoms with Gasteiger partial charge in [-0.2, -0.15) is 0 Å². The Hall–Kier alpha value is -2.05. The molecule has 2 heterocycles. The number of nitrogens with zero attached hydrogens (tertiary/aromatic N) is 3. The molecule has 23 heavy (non-hydrogen) atoms. The van der Waals surface area contributed by atoms with Gasteiger partial charge in [0.25, 0.3) is 0 Å². The lowest BCUT2D eigenvalue weighted by Gasteiger charge is -2.15. The summed E-state index contributed by atoms with van der Waals surface area (Å²) in [5.41, 5.74) is 1.67. The monoisotopic (exact) mass is 346 g/mol. The molecular formula is C16H15ClN4OS. The van der Waals surface area contributed by atoms with Crippen molar-refractivity contribution >= 4 is 34.9 Å². The van der Waals surface area contributed by atoms with Crippen LogP contribution >= 0.6 is 23.4 Å². The first-order chi connectivity index (χ1) is 11.1. The van der Waals surface area contributed by atoms with Gasteiger partial charge in [-0.05, 0) is 30.7 Å². The minimum atomic E-state index is -0.146. The van der Waals surface area contributed by atoms with Crippen LogP contribution in [0, 0.1) is 0 Å². The fraction of sp³-hybridized carbons (Fsp3) is 0.188. The molecule has 1 N–H and O–H groups in total. The quantitative estimate of drug-likeness (QED) is 0.720. The highest BCUT2D eigenvalue weighted by atomic mass is 35.5. The summed E-state index contributed by atoms with van der Waals surface area (Å²) in [5.74, 6) is 0.194. The summed E-state index contributed by atoms with van der Waals surface area (Å²) in [6.45, 7) is 1.91. The van der Waals surface area contributed by atoms with E-state index in [4.69, 9.17) is 11.6 Å². The third kappa shape index (κ3) is 3.65. The lowest BCUT2D eigenvalue weighted by Crippen LogP contribution is -2.28. The van der Waals surface area contributed by atoms with Crippen molar-refractivity contribution < 1.29 is 4.79 Å². The maximum absolute atomic E-state index is 12.1. The number of thioether (sulfide) groups is 1. The maximum Gasteiger partial charge on any atom is 0.230 e. The topological polar surface area (TPSA) is 59.3 Å². The zero-order chi connectivity index (χ0) is 16.2. The Morgan fingerprint density at radius 2 is 2.04 bits per heavy atom. The van der Waals surface area contributed by atoms with Crippen LogP contribution in [-0.2, 0) is 4.79 Å². The van der Waals surface area contributed by atoms with Gasteiger partial charge in [0.2, 0.25) is 5.91 Å². The van der Waals surface area contributed by atoms with E-state index in [1.165, 1.54) is 11.8 Å². The molecular weight excluding hydrogens is 332 g/mol. The van der Waals surface area contributed by atoms with Crippen LogP contribution in [0.5, 0.6) is 0 Å². The number of fused-ring (bicyclic) bond motifs is 1. The number of hydrogen-bond acceptors (Lipinski definition) is 4. The number of amides is 1. The Kier molecular flexibility index (Phi) is 4.83. The Morgan fingerprint density at radius 3 is 2.87 bits per heavy atom. The predicted octanol–water partition coefficient (Wildman–Crippen LogP) is 3.35. The Bertz CT molecular complexity index is 836. The highest BCUT2D eigenvalue weighted by Gasteiger charge is 2.14. The van der Waals surface area contributed by atoms with Gasteiger partial charge >= 0.3 is 0 Å². The Balaban J connectivity index is 1.61. The molecule has 0 aliphatic rings. The van der Waals surface area contributed by atoms with Crippen LogP contribution in [0.4, 0.5) is 0 Å². The molecule has 0 saturated carbocycles. The van der Waals surface area contributed by atoms with Gasteiger partial charge in [0.15, 0.2) is 10.8 Å². The second-order valence-electron chi connectivity index (χ2n) is 5.01. The lowest BCUT2D eigenvalue weighted by atomic mass is 10.1. The number of pyridine rings is 1. The molecule has 0 spiro atoms. The van der Waals surface area contributed by atoms with Crippen LogP contribution < -0.4 is 5.32 Å². The molecule has 0 fully saturated rings. The van der Waals surface area contributed by atoms with Crippen LogP contribution in [0.3, 0.4) is 0 Å². The zero-order valence-corrected chi connectivity index (χ0v) is 14.0. The first-order valence-corrected chi connectivity index (χ1v) is 8.48. The standard InChI is InChI=1S/C16H15ClN4OS/c1-11(12-6-2-3-7-13(12)17)18-15(22)10-23-16-20-19-14-8-4-5-9-21(14)16/h2-9,11H,10H2,1H3,(H,18,22)/t11-/m0/s1. The van der Waals surface area contributed by atoms with Gasteiger partial charge in [-0.15, -0.1) is 10.2 Å². The van der Waals surface area contributed by atoms with Crippen molar-refractivity contribution in [3.8, 4) is 0 Å². The molecule has 0 radical (unpaired) electrons. The molecule has 0 bridgehead atoms. The van der Waals surface area contributed by atoms with E-state index in [-0.39, 0.29) is 17.7 Å². The van der Waals surface area contributed by atoms with Gasteiger partial charge in [-0.3, -0.25) is 9.20 Å².